The summed E-state index contributed by atoms with van der Waals surface area (Å²) in [6.45, 7) is 0. The summed E-state index contributed by atoms with van der Waals surface area (Å²) in [6.07, 6.45) is 0. The van der Waals surface area contributed by atoms with E-state index in [1.807, 2.05) is 72.8 Å². The Labute approximate surface area is 187 Å². The van der Waals surface area contributed by atoms with E-state index in [0.29, 0.717) is 8.39 Å². The molecule has 3 aromatic rings. The maximum atomic E-state index is 5.04. The molecule has 0 atom stereocenters. The molecule has 0 N–H and O–H groups in total. The van der Waals surface area contributed by atoms with Gasteiger partial charge in [-0.2, -0.15) is 0 Å². The summed E-state index contributed by atoms with van der Waals surface area (Å²) in [6, 6.07) is 23.3. The van der Waals surface area contributed by atoms with Crippen LogP contribution in [0.2, 0.25) is 0 Å². The summed E-state index contributed by atoms with van der Waals surface area (Å²) in [5.41, 5.74) is 5.59. The number of benzene rings is 3. The highest BCUT2D eigenvalue weighted by Gasteiger charge is 1.96. The Balaban J connectivity index is 1.69. The van der Waals surface area contributed by atoms with Crippen molar-refractivity contribution in [3.05, 3.63) is 106 Å². The molecule has 3 aromatic carbocycles. The van der Waals surface area contributed by atoms with Crippen molar-refractivity contribution in [1.29, 1.82) is 0 Å². The van der Waals surface area contributed by atoms with E-state index >= 15 is 0 Å². The normalized spacial score (nSPS) is 9.50. The van der Waals surface area contributed by atoms with Crippen molar-refractivity contribution < 1.29 is 0 Å². The van der Waals surface area contributed by atoms with Gasteiger partial charge in [-0.1, -0.05) is 72.4 Å². The average Bonchev–Trinajstić information content (AvgIpc) is 2.72. The van der Waals surface area contributed by atoms with Gasteiger partial charge in [-0.3, -0.25) is 0 Å². The zero-order valence-electron chi connectivity index (χ0n) is 14.6. The molecule has 3 rings (SSSR count). The zero-order chi connectivity index (χ0) is 19.9. The Morgan fingerprint density at radius 3 is 0.893 bits per heavy atom. The van der Waals surface area contributed by atoms with E-state index in [1.165, 1.54) is 0 Å². The lowest BCUT2D eigenvalue weighted by Gasteiger charge is -1.97. The molecule has 0 saturated heterocycles. The van der Waals surface area contributed by atoms with Crippen molar-refractivity contribution in [3.8, 4) is 23.7 Å². The standard InChI is InChI=1S/C24H14S4/c25-23(26)21-13-9-19(10-14-21)7-5-17-1-2-18(4-3-17)6-8-20-11-15-22(16-12-20)24(27)28/h1-4,9-16H,(H,25,26)(H,27,28). The maximum Gasteiger partial charge on any atom is 0.0747 e. The van der Waals surface area contributed by atoms with Crippen LogP contribution in [-0.4, -0.2) is 8.39 Å². The van der Waals surface area contributed by atoms with Crippen molar-refractivity contribution >= 4 is 58.1 Å². The smallest absolute Gasteiger partial charge is 0.0747 e. The number of rotatable bonds is 2. The third kappa shape index (κ3) is 5.83. The van der Waals surface area contributed by atoms with Crippen LogP contribution in [0.3, 0.4) is 0 Å². The fourth-order valence-corrected chi connectivity index (χ4v) is 2.89. The molecule has 0 heterocycles. The maximum absolute atomic E-state index is 5.04. The second kappa shape index (κ2) is 9.73. The summed E-state index contributed by atoms with van der Waals surface area (Å²) in [5, 5.41) is 0. The van der Waals surface area contributed by atoms with Crippen LogP contribution in [0.15, 0.2) is 72.8 Å². The van der Waals surface area contributed by atoms with E-state index in [1.54, 1.807) is 0 Å². The first-order valence-electron chi connectivity index (χ1n) is 8.32. The Kier molecular flexibility index (Phi) is 7.09. The van der Waals surface area contributed by atoms with E-state index in [-0.39, 0.29) is 0 Å². The molecule has 0 aliphatic rings. The van der Waals surface area contributed by atoms with E-state index < -0.39 is 0 Å². The number of thiocarbonyl (C=S) groups is 2. The molecule has 4 heteroatoms. The molecule has 0 nitrogen and oxygen atoms in total. The lowest BCUT2D eigenvalue weighted by Crippen LogP contribution is -1.86. The van der Waals surface area contributed by atoms with Crippen LogP contribution in [0.1, 0.15) is 33.4 Å². The van der Waals surface area contributed by atoms with Crippen LogP contribution < -0.4 is 0 Å². The molecule has 0 bridgehead atoms. The molecule has 28 heavy (non-hydrogen) atoms. The van der Waals surface area contributed by atoms with E-state index in [4.69, 9.17) is 24.4 Å². The number of thiol groups is 2. The van der Waals surface area contributed by atoms with Gasteiger partial charge in [-0.25, -0.2) is 0 Å². The van der Waals surface area contributed by atoms with Crippen molar-refractivity contribution in [1.82, 2.24) is 0 Å². The molecular formula is C24H14S4. The first-order valence-corrected chi connectivity index (χ1v) is 10.0. The topological polar surface area (TPSA) is 0 Å². The second-order valence-corrected chi connectivity index (χ2v) is 8.16. The van der Waals surface area contributed by atoms with Crippen LogP contribution in [0, 0.1) is 23.7 Å². The SMILES string of the molecule is S=C(S)c1ccc(C#Cc2ccc(C#Cc3ccc(C(=S)S)cc3)cc2)cc1. The van der Waals surface area contributed by atoms with Gasteiger partial charge in [0.25, 0.3) is 0 Å². The minimum Gasteiger partial charge on any atom is -0.131 e. The number of hydrogen-bond donors (Lipinski definition) is 2. The monoisotopic (exact) mass is 430 g/mol. The summed E-state index contributed by atoms with van der Waals surface area (Å²) >= 11 is 18.4. The van der Waals surface area contributed by atoms with Gasteiger partial charge in [0.15, 0.2) is 0 Å². The van der Waals surface area contributed by atoms with Gasteiger partial charge < -0.3 is 0 Å². The van der Waals surface area contributed by atoms with Crippen molar-refractivity contribution in [2.45, 2.75) is 0 Å². The summed E-state index contributed by atoms with van der Waals surface area (Å²) in [7, 11) is 0. The Hall–Kier alpha value is -2.34. The minimum atomic E-state index is 0.581. The third-order valence-corrected chi connectivity index (χ3v) is 4.84. The van der Waals surface area contributed by atoms with Crippen LogP contribution in [0.25, 0.3) is 0 Å². The van der Waals surface area contributed by atoms with Gasteiger partial charge in [0, 0.05) is 22.3 Å². The fourth-order valence-electron chi connectivity index (χ4n) is 2.32. The highest BCUT2D eigenvalue weighted by atomic mass is 32.1. The van der Waals surface area contributed by atoms with E-state index in [0.717, 1.165) is 33.4 Å². The predicted molar refractivity (Wildman–Crippen MR) is 133 cm³/mol. The zero-order valence-corrected chi connectivity index (χ0v) is 18.1. The summed E-state index contributed by atoms with van der Waals surface area (Å²) in [5.74, 6) is 12.6. The average molecular weight is 431 g/mol. The van der Waals surface area contributed by atoms with Crippen LogP contribution in [0.4, 0.5) is 0 Å². The molecule has 0 saturated carbocycles. The molecule has 0 aliphatic carbocycles. The van der Waals surface area contributed by atoms with Crippen LogP contribution >= 0.6 is 49.7 Å². The molecule has 0 unspecified atom stereocenters. The molecular weight excluding hydrogens is 417 g/mol. The minimum absolute atomic E-state index is 0.581. The van der Waals surface area contributed by atoms with Gasteiger partial charge in [-0.05, 0) is 59.7 Å². The lowest BCUT2D eigenvalue weighted by atomic mass is 10.1. The molecule has 0 spiro atoms. The quantitative estimate of drug-likeness (QED) is 0.304. The first kappa shape index (κ1) is 20.4. The van der Waals surface area contributed by atoms with Gasteiger partial charge in [0.05, 0.1) is 8.39 Å². The van der Waals surface area contributed by atoms with Crippen LogP contribution in [-0.2, 0) is 0 Å². The molecule has 0 amide bonds. The highest BCUT2D eigenvalue weighted by Crippen LogP contribution is 2.09. The molecule has 0 aliphatic heterocycles. The van der Waals surface area contributed by atoms with Gasteiger partial charge >= 0.3 is 0 Å². The van der Waals surface area contributed by atoms with Crippen molar-refractivity contribution in [2.75, 3.05) is 0 Å². The molecule has 0 fully saturated rings. The van der Waals surface area contributed by atoms with Gasteiger partial charge in [0.1, 0.15) is 0 Å². The Morgan fingerprint density at radius 1 is 0.464 bits per heavy atom. The summed E-state index contributed by atoms with van der Waals surface area (Å²) < 4.78 is 1.16. The Bertz CT molecular complexity index is 1040. The fraction of sp³-hybridized carbons (Fsp3) is 0. The van der Waals surface area contributed by atoms with E-state index in [2.05, 4.69) is 48.9 Å². The van der Waals surface area contributed by atoms with Crippen molar-refractivity contribution in [2.24, 2.45) is 0 Å². The highest BCUT2D eigenvalue weighted by molar-refractivity contribution is 8.12. The molecule has 0 radical (unpaired) electrons. The van der Waals surface area contributed by atoms with Crippen molar-refractivity contribution in [3.63, 3.8) is 0 Å². The first-order chi connectivity index (χ1) is 13.5. The predicted octanol–water partition coefficient (Wildman–Crippen LogP) is 5.70. The number of hydrogen-bond acceptors (Lipinski definition) is 2. The van der Waals surface area contributed by atoms with Gasteiger partial charge in [-0.15, -0.1) is 25.3 Å². The van der Waals surface area contributed by atoms with E-state index in [9.17, 15) is 0 Å². The summed E-state index contributed by atoms with van der Waals surface area (Å²) in [4.78, 5) is 0. The Morgan fingerprint density at radius 2 is 0.679 bits per heavy atom. The van der Waals surface area contributed by atoms with Gasteiger partial charge in [0.2, 0.25) is 0 Å². The lowest BCUT2D eigenvalue weighted by molar-refractivity contribution is 1.58. The molecule has 0 aromatic heterocycles. The molecule has 134 valence electrons. The largest absolute Gasteiger partial charge is 0.131 e. The second-order valence-electron chi connectivity index (χ2n) is 5.84. The third-order valence-electron chi connectivity index (χ3n) is 3.85. The van der Waals surface area contributed by atoms with Crippen LogP contribution in [0.5, 0.6) is 0 Å².